The van der Waals surface area contributed by atoms with Crippen LogP contribution in [-0.2, 0) is 11.3 Å². The highest BCUT2D eigenvalue weighted by Gasteiger charge is 2.01. The Balaban J connectivity index is 2.19. The van der Waals surface area contributed by atoms with Crippen LogP contribution in [0.15, 0.2) is 6.33 Å². The molecule has 1 N–H and O–H groups in total. The summed E-state index contributed by atoms with van der Waals surface area (Å²) in [6.45, 7) is 2.47. The Morgan fingerprint density at radius 1 is 1.64 bits per heavy atom. The first-order valence-corrected chi connectivity index (χ1v) is 4.20. The Kier molecular flexibility index (Phi) is 4.14. The fourth-order valence-corrected chi connectivity index (χ4v) is 0.845. The van der Waals surface area contributed by atoms with Crippen LogP contribution in [0.4, 0.5) is 0 Å². The van der Waals surface area contributed by atoms with Crippen LogP contribution in [0.3, 0.4) is 0 Å². The Labute approximate surface area is 81.7 Å². The molecule has 0 unspecified atom stereocenters. The molecule has 6 nitrogen and oxygen atoms in total. The van der Waals surface area contributed by atoms with Crippen LogP contribution < -0.4 is 5.32 Å². The molecule has 14 heavy (non-hydrogen) atoms. The van der Waals surface area contributed by atoms with Gasteiger partial charge in [-0.05, 0) is 17.4 Å². The lowest BCUT2D eigenvalue weighted by Crippen LogP contribution is -2.28. The number of nitrogens with one attached hydrogen (secondary N) is 1. The highest BCUT2D eigenvalue weighted by molar-refractivity contribution is 5.75. The van der Waals surface area contributed by atoms with Gasteiger partial charge in [-0.15, -0.1) is 16.9 Å². The minimum atomic E-state index is -0.116. The summed E-state index contributed by atoms with van der Waals surface area (Å²) in [5.74, 6) is 5.48. The van der Waals surface area contributed by atoms with Crippen LogP contribution in [0.2, 0.25) is 0 Å². The lowest BCUT2D eigenvalue weighted by molar-refractivity contribution is -0.121. The van der Waals surface area contributed by atoms with E-state index in [1.165, 1.54) is 11.0 Å². The molecule has 0 aliphatic heterocycles. The van der Waals surface area contributed by atoms with Gasteiger partial charge in [-0.3, -0.25) is 4.79 Å². The molecule has 0 spiro atoms. The average Bonchev–Trinajstić information content (AvgIpc) is 2.65. The second-order valence-electron chi connectivity index (χ2n) is 2.53. The van der Waals surface area contributed by atoms with E-state index in [2.05, 4.69) is 32.7 Å². The molecular formula is C8H11N5O. The number of hydrogen-bond donors (Lipinski definition) is 1. The van der Waals surface area contributed by atoms with Gasteiger partial charge in [-0.2, -0.15) is 0 Å². The van der Waals surface area contributed by atoms with E-state index in [-0.39, 0.29) is 12.5 Å². The third-order valence-corrected chi connectivity index (χ3v) is 1.45. The number of carbonyl (C=O) groups is 1. The van der Waals surface area contributed by atoms with Gasteiger partial charge in [-0.25, -0.2) is 4.68 Å². The SMILES string of the molecule is CC#CCCNC(=O)Cn1cnnn1. The molecule has 0 radical (unpaired) electrons. The molecule has 0 atom stereocenters. The quantitative estimate of drug-likeness (QED) is 0.502. The summed E-state index contributed by atoms with van der Waals surface area (Å²) in [6.07, 6.45) is 2.06. The van der Waals surface area contributed by atoms with Crippen molar-refractivity contribution in [2.75, 3.05) is 6.54 Å². The summed E-state index contributed by atoms with van der Waals surface area (Å²) < 4.78 is 1.36. The number of aromatic nitrogens is 4. The van der Waals surface area contributed by atoms with Gasteiger partial charge in [0.1, 0.15) is 12.9 Å². The first-order chi connectivity index (χ1) is 6.83. The van der Waals surface area contributed by atoms with E-state index in [0.717, 1.165) is 0 Å². The largest absolute Gasteiger partial charge is 0.354 e. The third-order valence-electron chi connectivity index (χ3n) is 1.45. The summed E-state index contributed by atoms with van der Waals surface area (Å²) in [5, 5.41) is 13.1. The molecule has 1 amide bonds. The predicted octanol–water partition coefficient (Wildman–Crippen LogP) is -0.797. The van der Waals surface area contributed by atoms with E-state index in [9.17, 15) is 4.79 Å². The van der Waals surface area contributed by atoms with Crippen LogP contribution in [-0.4, -0.2) is 32.7 Å². The fourth-order valence-electron chi connectivity index (χ4n) is 0.845. The van der Waals surface area contributed by atoms with Gasteiger partial charge < -0.3 is 5.32 Å². The van der Waals surface area contributed by atoms with E-state index in [1.54, 1.807) is 6.92 Å². The number of tetrazole rings is 1. The Morgan fingerprint density at radius 3 is 3.14 bits per heavy atom. The standard InChI is InChI=1S/C8H11N5O/c1-2-3-4-5-9-8(14)6-13-7-10-11-12-13/h7H,4-6H2,1H3,(H,9,14). The van der Waals surface area contributed by atoms with Crippen LogP contribution in [0.1, 0.15) is 13.3 Å². The van der Waals surface area contributed by atoms with Crippen molar-refractivity contribution >= 4 is 5.91 Å². The molecule has 1 rings (SSSR count). The van der Waals surface area contributed by atoms with Crippen molar-refractivity contribution in [2.24, 2.45) is 0 Å². The molecule has 0 saturated carbocycles. The van der Waals surface area contributed by atoms with Crippen molar-refractivity contribution in [3.05, 3.63) is 6.33 Å². The average molecular weight is 193 g/mol. The zero-order chi connectivity index (χ0) is 10.2. The van der Waals surface area contributed by atoms with Crippen LogP contribution in [0.5, 0.6) is 0 Å². The van der Waals surface area contributed by atoms with Crippen molar-refractivity contribution < 1.29 is 4.79 Å². The Hall–Kier alpha value is -1.90. The minimum absolute atomic E-state index is 0.116. The zero-order valence-corrected chi connectivity index (χ0v) is 7.90. The first kappa shape index (κ1) is 10.2. The summed E-state index contributed by atoms with van der Waals surface area (Å²) >= 11 is 0. The van der Waals surface area contributed by atoms with E-state index in [1.807, 2.05) is 0 Å². The van der Waals surface area contributed by atoms with Gasteiger partial charge in [-0.1, -0.05) is 0 Å². The fraction of sp³-hybridized carbons (Fsp3) is 0.500. The van der Waals surface area contributed by atoms with Gasteiger partial charge in [0.15, 0.2) is 0 Å². The van der Waals surface area contributed by atoms with E-state index in [0.29, 0.717) is 13.0 Å². The number of hydrogen-bond acceptors (Lipinski definition) is 4. The predicted molar refractivity (Wildman–Crippen MR) is 48.9 cm³/mol. The summed E-state index contributed by atoms with van der Waals surface area (Å²) in [6, 6.07) is 0. The molecule has 6 heteroatoms. The van der Waals surface area contributed by atoms with E-state index in [4.69, 9.17) is 0 Å². The number of nitrogens with zero attached hydrogens (tertiary/aromatic N) is 4. The normalized spacial score (nSPS) is 8.93. The molecule has 0 bridgehead atoms. The van der Waals surface area contributed by atoms with Crippen LogP contribution in [0.25, 0.3) is 0 Å². The molecular weight excluding hydrogens is 182 g/mol. The first-order valence-electron chi connectivity index (χ1n) is 4.20. The van der Waals surface area contributed by atoms with Crippen molar-refractivity contribution in [1.82, 2.24) is 25.5 Å². The highest BCUT2D eigenvalue weighted by Crippen LogP contribution is 1.79. The maximum atomic E-state index is 11.2. The maximum absolute atomic E-state index is 11.2. The second kappa shape index (κ2) is 5.70. The minimum Gasteiger partial charge on any atom is -0.354 e. The van der Waals surface area contributed by atoms with Crippen LogP contribution >= 0.6 is 0 Å². The molecule has 1 aromatic rings. The smallest absolute Gasteiger partial charge is 0.241 e. The molecule has 0 fully saturated rings. The molecule has 1 aromatic heterocycles. The third kappa shape index (κ3) is 3.67. The van der Waals surface area contributed by atoms with Crippen LogP contribution in [0, 0.1) is 11.8 Å². The van der Waals surface area contributed by atoms with Gasteiger partial charge in [0, 0.05) is 13.0 Å². The van der Waals surface area contributed by atoms with Gasteiger partial charge in [0.2, 0.25) is 5.91 Å². The van der Waals surface area contributed by atoms with E-state index >= 15 is 0 Å². The molecule has 0 aromatic carbocycles. The molecule has 0 aliphatic rings. The molecule has 74 valence electrons. The highest BCUT2D eigenvalue weighted by atomic mass is 16.2. The van der Waals surface area contributed by atoms with E-state index < -0.39 is 0 Å². The number of amides is 1. The molecule has 0 aliphatic carbocycles. The number of carbonyl (C=O) groups excluding carboxylic acids is 1. The van der Waals surface area contributed by atoms with Crippen molar-refractivity contribution in [1.29, 1.82) is 0 Å². The van der Waals surface area contributed by atoms with Gasteiger partial charge >= 0.3 is 0 Å². The topological polar surface area (TPSA) is 72.7 Å². The summed E-state index contributed by atoms with van der Waals surface area (Å²) in [7, 11) is 0. The Bertz CT molecular complexity index is 334. The Morgan fingerprint density at radius 2 is 2.50 bits per heavy atom. The lowest BCUT2D eigenvalue weighted by atomic mass is 10.4. The molecule has 0 saturated heterocycles. The lowest BCUT2D eigenvalue weighted by Gasteiger charge is -2.00. The summed E-state index contributed by atoms with van der Waals surface area (Å²) in [4.78, 5) is 11.2. The van der Waals surface area contributed by atoms with Crippen molar-refractivity contribution in [3.63, 3.8) is 0 Å². The maximum Gasteiger partial charge on any atom is 0.241 e. The zero-order valence-electron chi connectivity index (χ0n) is 7.90. The van der Waals surface area contributed by atoms with Crippen molar-refractivity contribution in [2.45, 2.75) is 19.9 Å². The second-order valence-corrected chi connectivity index (χ2v) is 2.53. The van der Waals surface area contributed by atoms with Gasteiger partial charge in [0.25, 0.3) is 0 Å². The molecule has 1 heterocycles. The monoisotopic (exact) mass is 193 g/mol. The summed E-state index contributed by atoms with van der Waals surface area (Å²) in [5.41, 5.74) is 0. The van der Waals surface area contributed by atoms with Crippen molar-refractivity contribution in [3.8, 4) is 11.8 Å². The van der Waals surface area contributed by atoms with Gasteiger partial charge in [0.05, 0.1) is 0 Å². The number of rotatable bonds is 4.